The summed E-state index contributed by atoms with van der Waals surface area (Å²) in [6.45, 7) is 0. The number of aromatic amines is 1. The standard InChI is InChI=1S/C25H18N4O14S4.4Na/c30-24(26-18-7-13-2-4-17(46(34,35)36)6-15(13)9-22(18)45-43-41-33)20-11-21(29-28-20)25(31)27-19-8-12-1-3-16(44-42-40-32)5-14(12)10-23(19)47(37,38)39;;;;/h1-11,32-33H,(H,26,30)(H,27,31)(H,28,29)(H,34,35,36)(H,37,38,39);;;;/q;4*+1/p-4. The topological polar surface area (TPSA) is 284 Å². The van der Waals surface area contributed by atoms with E-state index in [4.69, 9.17) is 0 Å². The summed E-state index contributed by atoms with van der Waals surface area (Å²) in [6, 6.07) is 13.8. The summed E-state index contributed by atoms with van der Waals surface area (Å²) in [5, 5.41) is 39.3. The summed E-state index contributed by atoms with van der Waals surface area (Å²) in [5.74, 6) is -1.85. The summed E-state index contributed by atoms with van der Waals surface area (Å²) >= 11 is 0.902. The maximum Gasteiger partial charge on any atom is 1.00 e. The fourth-order valence-corrected chi connectivity index (χ4v) is 6.26. The minimum Gasteiger partial charge on any atom is -0.744 e. The van der Waals surface area contributed by atoms with Crippen LogP contribution in [0.4, 0.5) is 11.4 Å². The number of carbonyl (C=O) groups excluding carboxylic acids is 2. The van der Waals surface area contributed by atoms with Gasteiger partial charge in [-0.05, 0) is 70.1 Å². The molecule has 26 heteroatoms. The van der Waals surface area contributed by atoms with Crippen molar-refractivity contribution in [2.24, 2.45) is 0 Å². The van der Waals surface area contributed by atoms with Crippen LogP contribution in [0.1, 0.15) is 21.0 Å². The molecule has 4 aromatic carbocycles. The zero-order valence-electron chi connectivity index (χ0n) is 26.6. The van der Waals surface area contributed by atoms with Crippen LogP contribution in [0, 0.1) is 0 Å². The summed E-state index contributed by atoms with van der Waals surface area (Å²) < 4.78 is 78.9. The van der Waals surface area contributed by atoms with E-state index in [2.05, 4.69) is 39.6 Å². The van der Waals surface area contributed by atoms with Crippen molar-refractivity contribution in [1.82, 2.24) is 10.2 Å². The van der Waals surface area contributed by atoms with Gasteiger partial charge < -0.3 is 30.3 Å². The molecule has 0 aliphatic rings. The van der Waals surface area contributed by atoms with E-state index in [1.165, 1.54) is 42.5 Å². The molecule has 0 bridgehead atoms. The Labute approximate surface area is 385 Å². The first-order valence-electron chi connectivity index (χ1n) is 12.3. The largest absolute Gasteiger partial charge is 1.00 e. The van der Waals surface area contributed by atoms with Gasteiger partial charge in [0, 0.05) is 11.0 Å². The summed E-state index contributed by atoms with van der Waals surface area (Å²) in [5.41, 5.74) is -0.978. The van der Waals surface area contributed by atoms with Gasteiger partial charge in [0.2, 0.25) is 0 Å². The van der Waals surface area contributed by atoms with E-state index >= 15 is 0 Å². The Hall–Kier alpha value is -0.170. The van der Waals surface area contributed by atoms with Crippen molar-refractivity contribution >= 4 is 89.1 Å². The van der Waals surface area contributed by atoms with Gasteiger partial charge in [-0.2, -0.15) is 13.8 Å². The molecule has 0 unspecified atom stereocenters. The predicted molar refractivity (Wildman–Crippen MR) is 154 cm³/mol. The molecule has 0 aliphatic heterocycles. The van der Waals surface area contributed by atoms with Gasteiger partial charge in [0.25, 0.3) is 11.8 Å². The van der Waals surface area contributed by atoms with Gasteiger partial charge in [-0.15, -0.1) is 0 Å². The molecule has 3 N–H and O–H groups in total. The zero-order chi connectivity index (χ0) is 33.9. The zero-order valence-corrected chi connectivity index (χ0v) is 37.9. The van der Waals surface area contributed by atoms with Crippen molar-refractivity contribution in [3.05, 3.63) is 78.1 Å². The number of hydrogen-bond donors (Lipinski definition) is 3. The molecule has 0 aliphatic carbocycles. The molecule has 5 aromatic rings. The first kappa shape index (κ1) is 48.8. The van der Waals surface area contributed by atoms with Gasteiger partial charge in [0.15, 0.2) is 5.69 Å². The van der Waals surface area contributed by atoms with Crippen LogP contribution in [0.5, 0.6) is 0 Å². The number of benzene rings is 4. The van der Waals surface area contributed by atoms with E-state index in [9.17, 15) is 46.0 Å². The van der Waals surface area contributed by atoms with Crippen molar-refractivity contribution in [3.63, 3.8) is 0 Å². The molecule has 1 heterocycles. The van der Waals surface area contributed by atoms with Crippen molar-refractivity contribution < 1.29 is 183 Å². The number of aromatic nitrogens is 2. The van der Waals surface area contributed by atoms with Crippen LogP contribution in [-0.2, 0) is 39.0 Å². The first-order chi connectivity index (χ1) is 22.3. The molecular weight excluding hydrogens is 801 g/mol. The third-order valence-electron chi connectivity index (χ3n) is 6.24. The number of fused-ring (bicyclic) bond motifs is 2. The third kappa shape index (κ3) is 12.7. The number of nitrogens with zero attached hydrogens (tertiary/aromatic N) is 1. The third-order valence-corrected chi connectivity index (χ3v) is 9.16. The summed E-state index contributed by atoms with van der Waals surface area (Å²) in [7, 11) is -9.89. The number of H-pyrrole nitrogens is 1. The second kappa shape index (κ2) is 21.2. The average molecular weight is 815 g/mol. The molecule has 0 fully saturated rings. The number of anilines is 2. The molecule has 0 radical (unpaired) electrons. The Bertz CT molecular complexity index is 2260. The SMILES string of the molecule is O=C(Nc1cc2ccc(S(=O)(=O)[O-])cc2cc1SOO[O-])c1cc(C(=O)Nc2cc3ccc(SOO[O-])cc3cc2S(=O)(=O)[O-])[nH]n1.[Na+].[Na+].[Na+].[Na+]. The Morgan fingerprint density at radius 1 is 0.667 bits per heavy atom. The number of nitrogens with one attached hydrogen (secondary N) is 3. The van der Waals surface area contributed by atoms with E-state index in [1.807, 2.05) is 0 Å². The minimum absolute atomic E-state index is 0. The van der Waals surface area contributed by atoms with Crippen molar-refractivity contribution in [3.8, 4) is 0 Å². The Kier molecular flexibility index (Phi) is 20.3. The predicted octanol–water partition coefficient (Wildman–Crippen LogP) is -10.5. The normalized spacial score (nSPS) is 11.1. The van der Waals surface area contributed by atoms with Crippen molar-refractivity contribution in [1.29, 1.82) is 0 Å². The van der Waals surface area contributed by atoms with Gasteiger partial charge in [0.1, 0.15) is 25.9 Å². The van der Waals surface area contributed by atoms with Gasteiger partial charge >= 0.3 is 118 Å². The molecule has 0 saturated heterocycles. The molecule has 0 saturated carbocycles. The van der Waals surface area contributed by atoms with Crippen LogP contribution in [0.25, 0.3) is 21.5 Å². The smallest absolute Gasteiger partial charge is 0.744 e. The van der Waals surface area contributed by atoms with E-state index in [0.717, 1.165) is 24.3 Å². The van der Waals surface area contributed by atoms with E-state index in [1.54, 1.807) is 0 Å². The molecule has 2 amide bonds. The fraction of sp³-hybridized carbons (Fsp3) is 0. The first-order valence-corrected chi connectivity index (χ1v) is 16.6. The monoisotopic (exact) mass is 814 g/mol. The molecular formula is C25H14N4Na4O14S4. The van der Waals surface area contributed by atoms with Crippen LogP contribution in [0.2, 0.25) is 0 Å². The van der Waals surface area contributed by atoms with Crippen LogP contribution in [0.15, 0.2) is 86.3 Å². The maximum absolute atomic E-state index is 13.0. The molecule has 51 heavy (non-hydrogen) atoms. The van der Waals surface area contributed by atoms with E-state index in [0.29, 0.717) is 39.8 Å². The second-order valence-electron chi connectivity index (χ2n) is 9.14. The van der Waals surface area contributed by atoms with Crippen LogP contribution < -0.4 is 139 Å². The molecule has 5 rings (SSSR count). The van der Waals surface area contributed by atoms with Gasteiger partial charge in [-0.3, -0.25) is 24.8 Å². The van der Waals surface area contributed by atoms with Crippen LogP contribution >= 0.6 is 24.1 Å². The summed E-state index contributed by atoms with van der Waals surface area (Å²) in [6.07, 6.45) is 0. The number of rotatable bonds is 12. The molecule has 0 atom stereocenters. The summed E-state index contributed by atoms with van der Waals surface area (Å²) in [4.78, 5) is 25.1. The average Bonchev–Trinajstić information content (AvgIpc) is 3.52. The van der Waals surface area contributed by atoms with Gasteiger partial charge in [-0.1, -0.05) is 12.1 Å². The number of hydrogen-bond acceptors (Lipinski definition) is 17. The molecule has 246 valence electrons. The minimum atomic E-state index is -5.12. The maximum atomic E-state index is 13.0. The fourth-order valence-electron chi connectivity index (χ4n) is 4.22. The van der Waals surface area contributed by atoms with Crippen LogP contribution in [0.3, 0.4) is 0 Å². The Morgan fingerprint density at radius 2 is 1.25 bits per heavy atom. The van der Waals surface area contributed by atoms with Gasteiger partial charge in [-0.25, -0.2) is 16.8 Å². The van der Waals surface area contributed by atoms with Crippen molar-refractivity contribution in [2.45, 2.75) is 19.6 Å². The van der Waals surface area contributed by atoms with Gasteiger partial charge in [0.05, 0.1) is 50.1 Å². The second-order valence-corrected chi connectivity index (χ2v) is 13.4. The number of carbonyl (C=O) groups is 2. The molecule has 1 aromatic heterocycles. The van der Waals surface area contributed by atoms with E-state index < -0.39 is 41.8 Å². The molecule has 0 spiro atoms. The van der Waals surface area contributed by atoms with Crippen LogP contribution in [-0.4, -0.2) is 48.0 Å². The Morgan fingerprint density at radius 3 is 1.88 bits per heavy atom. The molecule has 18 nitrogen and oxygen atoms in total. The van der Waals surface area contributed by atoms with E-state index in [-0.39, 0.29) is 157 Å². The van der Waals surface area contributed by atoms with Crippen molar-refractivity contribution in [2.75, 3.05) is 10.6 Å². The quantitative estimate of drug-likeness (QED) is 0.0347. The number of amides is 2. The Balaban J connectivity index is 0.00000325.